The lowest BCUT2D eigenvalue weighted by atomic mass is 10.3. The number of nitrogens with zero attached hydrogens (tertiary/aromatic N) is 2. The molecule has 0 saturated heterocycles. The monoisotopic (exact) mass is 362 g/mol. The Labute approximate surface area is 150 Å². The summed E-state index contributed by atoms with van der Waals surface area (Å²) in [5.74, 6) is 0.166. The number of amides is 2. The zero-order chi connectivity index (χ0) is 17.8. The van der Waals surface area contributed by atoms with E-state index in [4.69, 9.17) is 16.3 Å². The van der Waals surface area contributed by atoms with Gasteiger partial charge in [-0.05, 0) is 44.0 Å². The normalized spacial score (nSPS) is 14.6. The van der Waals surface area contributed by atoms with Gasteiger partial charge in [0.1, 0.15) is 12.3 Å². The van der Waals surface area contributed by atoms with Crippen LogP contribution >= 0.6 is 11.6 Å². The minimum atomic E-state index is -0.692. The van der Waals surface area contributed by atoms with Crippen LogP contribution in [0.25, 0.3) is 0 Å². The molecule has 2 aromatic rings. The van der Waals surface area contributed by atoms with Crippen molar-refractivity contribution in [3.63, 3.8) is 0 Å². The van der Waals surface area contributed by atoms with E-state index in [1.807, 2.05) is 0 Å². The minimum absolute atomic E-state index is 0.0806. The number of anilines is 1. The van der Waals surface area contributed by atoms with Crippen molar-refractivity contribution < 1.29 is 14.3 Å². The summed E-state index contributed by atoms with van der Waals surface area (Å²) in [6, 6.07) is 7.09. The van der Waals surface area contributed by atoms with Gasteiger partial charge in [-0.15, -0.1) is 0 Å². The van der Waals surface area contributed by atoms with Crippen LogP contribution in [0.15, 0.2) is 36.7 Å². The zero-order valence-electron chi connectivity index (χ0n) is 13.7. The number of benzene rings is 1. The molecule has 1 aromatic heterocycles. The molecule has 7 nitrogen and oxygen atoms in total. The second kappa shape index (κ2) is 7.57. The Balaban J connectivity index is 1.49. The van der Waals surface area contributed by atoms with Crippen LogP contribution in [0.4, 0.5) is 5.69 Å². The van der Waals surface area contributed by atoms with Crippen LogP contribution in [-0.2, 0) is 16.1 Å². The van der Waals surface area contributed by atoms with Crippen molar-refractivity contribution in [1.82, 2.24) is 15.1 Å². The molecule has 8 heteroatoms. The highest BCUT2D eigenvalue weighted by Crippen LogP contribution is 2.19. The van der Waals surface area contributed by atoms with Crippen LogP contribution in [-0.4, -0.2) is 33.7 Å². The van der Waals surface area contributed by atoms with Crippen LogP contribution in [0.2, 0.25) is 5.02 Å². The first-order chi connectivity index (χ1) is 12.0. The highest BCUT2D eigenvalue weighted by Gasteiger charge is 2.23. The van der Waals surface area contributed by atoms with E-state index in [9.17, 15) is 9.59 Å². The fraction of sp³-hybridized carbons (Fsp3) is 0.353. The molecule has 132 valence electrons. The molecule has 0 spiro atoms. The second-order valence-corrected chi connectivity index (χ2v) is 6.41. The summed E-state index contributed by atoms with van der Waals surface area (Å²) in [5, 5.41) is 10.3. The molecular formula is C17H19ClN4O3. The number of hydrogen-bond acceptors (Lipinski definition) is 4. The summed E-state index contributed by atoms with van der Waals surface area (Å²) in [6.45, 7) is 1.78. The Hall–Kier alpha value is -2.54. The van der Waals surface area contributed by atoms with Gasteiger partial charge in [0.25, 0.3) is 5.91 Å². The highest BCUT2D eigenvalue weighted by atomic mass is 35.5. The molecule has 0 bridgehead atoms. The van der Waals surface area contributed by atoms with E-state index < -0.39 is 6.10 Å². The molecule has 1 aliphatic rings. The molecule has 1 aliphatic carbocycles. The van der Waals surface area contributed by atoms with Gasteiger partial charge < -0.3 is 15.4 Å². The van der Waals surface area contributed by atoms with E-state index in [2.05, 4.69) is 15.7 Å². The summed E-state index contributed by atoms with van der Waals surface area (Å²) in [4.78, 5) is 23.9. The maximum absolute atomic E-state index is 12.2. The SMILES string of the molecule is C[C@H](Oc1ccc(Cl)cc1)C(=O)Nc1cnn(CC(=O)NC2CC2)c1. The number of carbonyl (C=O) groups is 2. The number of aromatic nitrogens is 2. The van der Waals surface area contributed by atoms with Gasteiger partial charge >= 0.3 is 0 Å². The molecule has 2 amide bonds. The third kappa shape index (κ3) is 5.22. The molecule has 1 heterocycles. The molecular weight excluding hydrogens is 344 g/mol. The zero-order valence-corrected chi connectivity index (χ0v) is 14.5. The summed E-state index contributed by atoms with van der Waals surface area (Å²) in [6.07, 6.45) is 4.49. The second-order valence-electron chi connectivity index (χ2n) is 5.97. The Morgan fingerprint density at radius 1 is 1.36 bits per heavy atom. The summed E-state index contributed by atoms with van der Waals surface area (Å²) in [7, 11) is 0. The van der Waals surface area contributed by atoms with Gasteiger partial charge in [-0.25, -0.2) is 0 Å². The third-order valence-corrected chi connectivity index (χ3v) is 3.90. The van der Waals surface area contributed by atoms with Gasteiger partial charge in [-0.2, -0.15) is 5.10 Å². The quantitative estimate of drug-likeness (QED) is 0.790. The molecule has 1 fully saturated rings. The van der Waals surface area contributed by atoms with Gasteiger partial charge in [-0.3, -0.25) is 14.3 Å². The Kier molecular flexibility index (Phi) is 5.23. The van der Waals surface area contributed by atoms with Crippen molar-refractivity contribution in [1.29, 1.82) is 0 Å². The first-order valence-corrected chi connectivity index (χ1v) is 8.42. The maximum atomic E-state index is 12.2. The van der Waals surface area contributed by atoms with E-state index in [-0.39, 0.29) is 18.4 Å². The molecule has 1 atom stereocenters. The van der Waals surface area contributed by atoms with Crippen molar-refractivity contribution in [2.24, 2.45) is 0 Å². The van der Waals surface area contributed by atoms with Crippen LogP contribution in [0.3, 0.4) is 0 Å². The van der Waals surface area contributed by atoms with Crippen molar-refractivity contribution in [3.8, 4) is 5.75 Å². The highest BCUT2D eigenvalue weighted by molar-refractivity contribution is 6.30. The summed E-state index contributed by atoms with van der Waals surface area (Å²) >= 11 is 5.81. The van der Waals surface area contributed by atoms with Crippen LogP contribution in [0.5, 0.6) is 5.75 Å². The van der Waals surface area contributed by atoms with Crippen molar-refractivity contribution >= 4 is 29.1 Å². The molecule has 0 radical (unpaired) electrons. The van der Waals surface area contributed by atoms with E-state index in [0.717, 1.165) is 12.8 Å². The fourth-order valence-electron chi connectivity index (χ4n) is 2.18. The smallest absolute Gasteiger partial charge is 0.265 e. The van der Waals surface area contributed by atoms with Gasteiger partial charge in [0.05, 0.1) is 11.9 Å². The lowest BCUT2D eigenvalue weighted by Gasteiger charge is -2.14. The van der Waals surface area contributed by atoms with Gasteiger partial charge in [0.15, 0.2) is 6.10 Å². The summed E-state index contributed by atoms with van der Waals surface area (Å²) < 4.78 is 7.05. The fourth-order valence-corrected chi connectivity index (χ4v) is 2.30. The topological polar surface area (TPSA) is 85.2 Å². The van der Waals surface area contributed by atoms with Gasteiger partial charge in [0, 0.05) is 17.3 Å². The number of halogens is 1. The van der Waals surface area contributed by atoms with Gasteiger partial charge in [0.2, 0.25) is 5.91 Å². The Morgan fingerprint density at radius 2 is 2.08 bits per heavy atom. The molecule has 25 heavy (non-hydrogen) atoms. The van der Waals surface area contributed by atoms with Crippen LogP contribution < -0.4 is 15.4 Å². The Morgan fingerprint density at radius 3 is 2.76 bits per heavy atom. The van der Waals surface area contributed by atoms with E-state index >= 15 is 0 Å². The predicted octanol–water partition coefficient (Wildman–Crippen LogP) is 2.22. The lowest BCUT2D eigenvalue weighted by Crippen LogP contribution is -2.30. The summed E-state index contributed by atoms with van der Waals surface area (Å²) in [5.41, 5.74) is 0.510. The number of rotatable bonds is 7. The number of ether oxygens (including phenoxy) is 1. The molecule has 3 rings (SSSR count). The standard InChI is InChI=1S/C17H19ClN4O3/c1-11(25-15-6-2-12(18)3-7-15)17(24)21-14-8-19-22(9-14)10-16(23)20-13-4-5-13/h2-3,6-9,11,13H,4-5,10H2,1H3,(H,20,23)(H,21,24)/t11-/m0/s1. The first-order valence-electron chi connectivity index (χ1n) is 8.04. The third-order valence-electron chi connectivity index (χ3n) is 3.64. The van der Waals surface area contributed by atoms with Crippen molar-refractivity contribution in [3.05, 3.63) is 41.7 Å². The molecule has 1 aromatic carbocycles. The first kappa shape index (κ1) is 17.3. The minimum Gasteiger partial charge on any atom is -0.481 e. The average molecular weight is 363 g/mol. The molecule has 1 saturated carbocycles. The van der Waals surface area contributed by atoms with Crippen LogP contribution in [0, 0.1) is 0 Å². The van der Waals surface area contributed by atoms with E-state index in [1.54, 1.807) is 37.4 Å². The number of hydrogen-bond donors (Lipinski definition) is 2. The number of carbonyl (C=O) groups excluding carboxylic acids is 2. The van der Waals surface area contributed by atoms with Crippen LogP contribution in [0.1, 0.15) is 19.8 Å². The molecule has 2 N–H and O–H groups in total. The molecule has 0 aliphatic heterocycles. The van der Waals surface area contributed by atoms with Crippen molar-refractivity contribution in [2.75, 3.05) is 5.32 Å². The van der Waals surface area contributed by atoms with Gasteiger partial charge in [-0.1, -0.05) is 11.6 Å². The van der Waals surface area contributed by atoms with E-state index in [1.165, 1.54) is 10.9 Å². The largest absolute Gasteiger partial charge is 0.481 e. The molecule has 0 unspecified atom stereocenters. The Bertz CT molecular complexity index is 756. The van der Waals surface area contributed by atoms with E-state index in [0.29, 0.717) is 22.5 Å². The predicted molar refractivity (Wildman–Crippen MR) is 93.6 cm³/mol. The van der Waals surface area contributed by atoms with Crippen molar-refractivity contribution in [2.45, 2.75) is 38.5 Å². The lowest BCUT2D eigenvalue weighted by molar-refractivity contribution is -0.122. The number of nitrogens with one attached hydrogen (secondary N) is 2. The average Bonchev–Trinajstić information content (AvgIpc) is 3.27. The maximum Gasteiger partial charge on any atom is 0.265 e.